The first-order valence-corrected chi connectivity index (χ1v) is 4.33. The summed E-state index contributed by atoms with van der Waals surface area (Å²) in [6, 6.07) is 0. The van der Waals surface area contributed by atoms with Gasteiger partial charge in [-0.1, -0.05) is 12.2 Å². The van der Waals surface area contributed by atoms with Gasteiger partial charge in [0.25, 0.3) is 0 Å². The number of hydrogen-bond donors (Lipinski definition) is 0. The van der Waals surface area contributed by atoms with Crippen molar-refractivity contribution >= 4 is 6.16 Å². The van der Waals surface area contributed by atoms with Gasteiger partial charge < -0.3 is 9.47 Å². The molecule has 2 atom stereocenters. The smallest absolute Gasteiger partial charge is 0.434 e. The van der Waals surface area contributed by atoms with Crippen LogP contribution in [-0.4, -0.2) is 18.9 Å². The van der Waals surface area contributed by atoms with Gasteiger partial charge in [0, 0.05) is 12.3 Å². The highest BCUT2D eigenvalue weighted by atomic mass is 16.7. The summed E-state index contributed by atoms with van der Waals surface area (Å²) in [5, 5.41) is 0. The highest BCUT2D eigenvalue weighted by Gasteiger charge is 2.29. The molecule has 0 amide bonds. The monoisotopic (exact) mass is 182 g/mol. The van der Waals surface area contributed by atoms with Gasteiger partial charge in [0.05, 0.1) is 0 Å². The maximum atomic E-state index is 10.8. The Morgan fingerprint density at radius 3 is 2.69 bits per heavy atom. The minimum atomic E-state index is -0.577. The first kappa shape index (κ1) is 9.84. The van der Waals surface area contributed by atoms with E-state index in [2.05, 4.69) is 13.2 Å². The van der Waals surface area contributed by atoms with Crippen molar-refractivity contribution in [3.05, 3.63) is 25.3 Å². The number of carbonyl (C=O) groups is 1. The molecule has 1 aliphatic rings. The van der Waals surface area contributed by atoms with Crippen molar-refractivity contribution in [2.45, 2.75) is 18.9 Å². The lowest BCUT2D eigenvalue weighted by Gasteiger charge is -2.29. The second kappa shape index (κ2) is 4.70. The summed E-state index contributed by atoms with van der Waals surface area (Å²) in [5.74, 6) is 0.216. The standard InChI is InChI=1S/C10H14O3/c1-3-5-8-7-12-10(11)13-9(8)6-4-2/h3-4,8-9H,1-2,5-7H2. The lowest BCUT2D eigenvalue weighted by molar-refractivity contribution is -0.0563. The van der Waals surface area contributed by atoms with Gasteiger partial charge >= 0.3 is 6.16 Å². The summed E-state index contributed by atoms with van der Waals surface area (Å²) in [7, 11) is 0. The molecular formula is C10H14O3. The van der Waals surface area contributed by atoms with E-state index >= 15 is 0 Å². The number of allylic oxidation sites excluding steroid dienone is 1. The maximum absolute atomic E-state index is 10.8. The Balaban J connectivity index is 2.53. The SMILES string of the molecule is C=CCC1COC(=O)OC1CC=C. The van der Waals surface area contributed by atoms with Crippen LogP contribution in [0.3, 0.4) is 0 Å². The fraction of sp³-hybridized carbons (Fsp3) is 0.500. The van der Waals surface area contributed by atoms with Gasteiger partial charge in [-0.05, 0) is 6.42 Å². The molecule has 2 unspecified atom stereocenters. The molecule has 13 heavy (non-hydrogen) atoms. The summed E-state index contributed by atoms with van der Waals surface area (Å²) in [6.07, 6.45) is 4.35. The molecule has 1 fully saturated rings. The summed E-state index contributed by atoms with van der Waals surface area (Å²) in [6.45, 7) is 7.68. The van der Waals surface area contributed by atoms with E-state index in [4.69, 9.17) is 9.47 Å². The van der Waals surface area contributed by atoms with E-state index < -0.39 is 6.16 Å². The average Bonchev–Trinajstić information content (AvgIpc) is 2.10. The Kier molecular flexibility index (Phi) is 3.55. The fourth-order valence-electron chi connectivity index (χ4n) is 1.37. The van der Waals surface area contributed by atoms with E-state index in [1.807, 2.05) is 6.08 Å². The van der Waals surface area contributed by atoms with Crippen molar-refractivity contribution in [1.82, 2.24) is 0 Å². The molecular weight excluding hydrogens is 168 g/mol. The largest absolute Gasteiger partial charge is 0.508 e. The number of carbonyl (C=O) groups excluding carboxylic acids is 1. The Morgan fingerprint density at radius 1 is 1.38 bits per heavy atom. The molecule has 0 bridgehead atoms. The van der Waals surface area contributed by atoms with Crippen LogP contribution in [0.2, 0.25) is 0 Å². The van der Waals surface area contributed by atoms with Crippen LogP contribution in [0.5, 0.6) is 0 Å². The van der Waals surface area contributed by atoms with Crippen LogP contribution in [0, 0.1) is 5.92 Å². The van der Waals surface area contributed by atoms with E-state index in [1.165, 1.54) is 0 Å². The Labute approximate surface area is 78.0 Å². The first-order chi connectivity index (χ1) is 6.27. The van der Waals surface area contributed by atoms with Gasteiger partial charge in [0.1, 0.15) is 12.7 Å². The van der Waals surface area contributed by atoms with Crippen molar-refractivity contribution in [3.8, 4) is 0 Å². The van der Waals surface area contributed by atoms with Crippen molar-refractivity contribution in [2.75, 3.05) is 6.61 Å². The Bertz CT molecular complexity index is 210. The Morgan fingerprint density at radius 2 is 2.08 bits per heavy atom. The summed E-state index contributed by atoms with van der Waals surface area (Å²) in [4.78, 5) is 10.8. The van der Waals surface area contributed by atoms with E-state index in [1.54, 1.807) is 6.08 Å². The zero-order valence-corrected chi connectivity index (χ0v) is 7.57. The summed E-state index contributed by atoms with van der Waals surface area (Å²) >= 11 is 0. The van der Waals surface area contributed by atoms with Crippen molar-refractivity contribution < 1.29 is 14.3 Å². The predicted octanol–water partition coefficient (Wildman–Crippen LogP) is 2.29. The number of rotatable bonds is 4. The molecule has 1 saturated heterocycles. The van der Waals surface area contributed by atoms with Gasteiger partial charge in [0.15, 0.2) is 0 Å². The Hall–Kier alpha value is -1.25. The third kappa shape index (κ3) is 2.61. The van der Waals surface area contributed by atoms with E-state index in [0.717, 1.165) is 6.42 Å². The maximum Gasteiger partial charge on any atom is 0.508 e. The highest BCUT2D eigenvalue weighted by Crippen LogP contribution is 2.22. The van der Waals surface area contributed by atoms with Crippen molar-refractivity contribution in [1.29, 1.82) is 0 Å². The molecule has 1 aliphatic heterocycles. The molecule has 0 aromatic carbocycles. The summed E-state index contributed by atoms with van der Waals surface area (Å²) < 4.78 is 9.79. The van der Waals surface area contributed by atoms with Gasteiger partial charge in [0.2, 0.25) is 0 Å². The van der Waals surface area contributed by atoms with Crippen LogP contribution in [0.1, 0.15) is 12.8 Å². The molecule has 0 saturated carbocycles. The van der Waals surface area contributed by atoms with E-state index in [0.29, 0.717) is 13.0 Å². The molecule has 1 rings (SSSR count). The van der Waals surface area contributed by atoms with Crippen molar-refractivity contribution in [2.24, 2.45) is 5.92 Å². The molecule has 1 heterocycles. The number of cyclic esters (lactones) is 2. The second-order valence-electron chi connectivity index (χ2n) is 3.03. The molecule has 72 valence electrons. The van der Waals surface area contributed by atoms with E-state index in [-0.39, 0.29) is 12.0 Å². The van der Waals surface area contributed by atoms with Gasteiger partial charge in [-0.2, -0.15) is 0 Å². The average molecular weight is 182 g/mol. The highest BCUT2D eigenvalue weighted by molar-refractivity contribution is 5.60. The molecule has 0 aromatic heterocycles. The molecule has 0 aromatic rings. The van der Waals surface area contributed by atoms with Crippen LogP contribution in [0.25, 0.3) is 0 Å². The minimum absolute atomic E-state index is 0.100. The zero-order chi connectivity index (χ0) is 9.68. The lowest BCUT2D eigenvalue weighted by Crippen LogP contribution is -2.36. The van der Waals surface area contributed by atoms with Crippen LogP contribution in [0.4, 0.5) is 4.79 Å². The fourth-order valence-corrected chi connectivity index (χ4v) is 1.37. The number of hydrogen-bond acceptors (Lipinski definition) is 3. The summed E-state index contributed by atoms with van der Waals surface area (Å²) in [5.41, 5.74) is 0. The van der Waals surface area contributed by atoms with Crippen LogP contribution in [-0.2, 0) is 9.47 Å². The molecule has 3 heteroatoms. The van der Waals surface area contributed by atoms with Crippen LogP contribution in [0.15, 0.2) is 25.3 Å². The lowest BCUT2D eigenvalue weighted by atomic mass is 9.96. The quantitative estimate of drug-likeness (QED) is 0.494. The molecule has 0 aliphatic carbocycles. The third-order valence-electron chi connectivity index (χ3n) is 2.06. The first-order valence-electron chi connectivity index (χ1n) is 4.33. The molecule has 0 N–H and O–H groups in total. The molecule has 3 nitrogen and oxygen atoms in total. The minimum Gasteiger partial charge on any atom is -0.434 e. The zero-order valence-electron chi connectivity index (χ0n) is 7.57. The van der Waals surface area contributed by atoms with E-state index in [9.17, 15) is 4.79 Å². The molecule has 0 spiro atoms. The van der Waals surface area contributed by atoms with Crippen LogP contribution >= 0.6 is 0 Å². The number of ether oxygens (including phenoxy) is 2. The van der Waals surface area contributed by atoms with Crippen molar-refractivity contribution in [3.63, 3.8) is 0 Å². The topological polar surface area (TPSA) is 35.5 Å². The van der Waals surface area contributed by atoms with Gasteiger partial charge in [-0.25, -0.2) is 4.79 Å². The third-order valence-corrected chi connectivity index (χ3v) is 2.06. The second-order valence-corrected chi connectivity index (χ2v) is 3.03. The van der Waals surface area contributed by atoms with Crippen LogP contribution < -0.4 is 0 Å². The molecule has 0 radical (unpaired) electrons. The predicted molar refractivity (Wildman–Crippen MR) is 49.3 cm³/mol. The van der Waals surface area contributed by atoms with Gasteiger partial charge in [-0.15, -0.1) is 13.2 Å². The van der Waals surface area contributed by atoms with Gasteiger partial charge in [-0.3, -0.25) is 0 Å². The normalized spacial score (nSPS) is 27.2.